The number of aromatic hydroxyl groups is 2. The normalized spacial score (nSPS) is 10.7. The Labute approximate surface area is 186 Å². The molecule has 1 aromatic heterocycles. The number of rotatable bonds is 5. The number of hydrogen-bond acceptors (Lipinski definition) is 10. The third-order valence-corrected chi connectivity index (χ3v) is 4.55. The van der Waals surface area contributed by atoms with E-state index in [1.54, 1.807) is 0 Å². The fraction of sp³-hybridized carbons (Fsp3) is 0.174. The second kappa shape index (κ2) is 8.58. The second-order valence-electron chi connectivity index (χ2n) is 7.07. The Kier molecular flexibility index (Phi) is 6.03. The maximum Gasteiger partial charge on any atom is 0.308 e. The Morgan fingerprint density at radius 3 is 1.79 bits per heavy atom. The predicted octanol–water partition coefficient (Wildman–Crippen LogP) is 3.13. The van der Waals surface area contributed by atoms with Crippen molar-refractivity contribution in [1.82, 2.24) is 0 Å². The van der Waals surface area contributed by atoms with E-state index in [0.29, 0.717) is 0 Å². The van der Waals surface area contributed by atoms with Crippen LogP contribution in [0.1, 0.15) is 48.4 Å². The topological polar surface area (TPSA) is 157 Å². The van der Waals surface area contributed by atoms with Crippen molar-refractivity contribution >= 4 is 34.5 Å². The summed E-state index contributed by atoms with van der Waals surface area (Å²) in [6.45, 7) is 4.16. The molecule has 0 bridgehead atoms. The number of Topliss-reactive ketones (excluding diaryl/α,β-unsaturated/α-hetero) is 2. The van der Waals surface area contributed by atoms with Gasteiger partial charge in [0.2, 0.25) is 11.2 Å². The lowest BCUT2D eigenvalue weighted by molar-refractivity contribution is -0.133. The number of esters is 2. The van der Waals surface area contributed by atoms with Gasteiger partial charge in [-0.1, -0.05) is 0 Å². The highest BCUT2D eigenvalue weighted by atomic mass is 16.5. The van der Waals surface area contributed by atoms with Crippen LogP contribution in [0.2, 0.25) is 0 Å². The summed E-state index contributed by atoms with van der Waals surface area (Å²) >= 11 is 0. The highest BCUT2D eigenvalue weighted by molar-refractivity contribution is 6.16. The van der Waals surface area contributed by atoms with Crippen molar-refractivity contribution in [2.75, 3.05) is 0 Å². The summed E-state index contributed by atoms with van der Waals surface area (Å²) in [4.78, 5) is 61.6. The molecule has 0 spiro atoms. The van der Waals surface area contributed by atoms with Crippen LogP contribution in [0.5, 0.6) is 23.0 Å². The maximum atomic E-state index is 13.5. The van der Waals surface area contributed by atoms with Crippen LogP contribution >= 0.6 is 0 Å². The fourth-order valence-electron chi connectivity index (χ4n) is 3.30. The monoisotopic (exact) mass is 454 g/mol. The molecule has 0 atom stereocenters. The van der Waals surface area contributed by atoms with Crippen LogP contribution in [-0.2, 0) is 9.59 Å². The summed E-state index contributed by atoms with van der Waals surface area (Å²) < 4.78 is 15.9. The van der Waals surface area contributed by atoms with Gasteiger partial charge in [0.1, 0.15) is 28.0 Å². The van der Waals surface area contributed by atoms with Crippen LogP contribution in [0, 0.1) is 0 Å². The molecule has 33 heavy (non-hydrogen) atoms. The number of fused-ring (bicyclic) bond motifs is 1. The molecule has 0 aliphatic carbocycles. The SMILES string of the molecule is CC(=O)Oc1c(-c2ccc(O)cc2)oc2c(C(C)=O)c(O)c(C(C)=O)c(OC(C)=O)c2c1=O. The van der Waals surface area contributed by atoms with Crippen molar-refractivity contribution in [3.63, 3.8) is 0 Å². The lowest BCUT2D eigenvalue weighted by Gasteiger charge is -2.17. The van der Waals surface area contributed by atoms with Crippen LogP contribution in [-0.4, -0.2) is 33.7 Å². The Balaban J connectivity index is 2.65. The number of phenolic OH excluding ortho intramolecular Hbond substituents is 2. The molecule has 3 rings (SSSR count). The van der Waals surface area contributed by atoms with Gasteiger partial charge in [0.15, 0.2) is 28.7 Å². The standard InChI is InChI=1S/C23H18O10/c1-9(24)15-18(29)16(10(2)25)22-17(21(15)31-11(3)26)19(30)23(32-12(4)27)20(33-22)13-5-7-14(28)8-6-13/h5-8,28-29H,1-4H3. The second-order valence-corrected chi connectivity index (χ2v) is 7.07. The van der Waals surface area contributed by atoms with Gasteiger partial charge in [0, 0.05) is 19.4 Å². The molecule has 0 fully saturated rings. The summed E-state index contributed by atoms with van der Waals surface area (Å²) in [5.41, 5.74) is -2.42. The summed E-state index contributed by atoms with van der Waals surface area (Å²) in [5, 5.41) is 19.7. The Hall–Kier alpha value is -4.47. The average molecular weight is 454 g/mol. The smallest absolute Gasteiger partial charge is 0.308 e. The minimum atomic E-state index is -1.03. The molecule has 0 aliphatic heterocycles. The van der Waals surface area contributed by atoms with E-state index in [1.165, 1.54) is 24.3 Å². The molecule has 0 amide bonds. The van der Waals surface area contributed by atoms with Crippen LogP contribution < -0.4 is 14.9 Å². The van der Waals surface area contributed by atoms with Crippen LogP contribution in [0.15, 0.2) is 33.5 Å². The number of ketones is 2. The molecule has 2 N–H and O–H groups in total. The molecule has 170 valence electrons. The largest absolute Gasteiger partial charge is 0.508 e. The maximum absolute atomic E-state index is 13.5. The summed E-state index contributed by atoms with van der Waals surface area (Å²) in [6, 6.07) is 5.28. The molecule has 0 saturated heterocycles. The summed E-state index contributed by atoms with van der Waals surface area (Å²) in [7, 11) is 0. The summed E-state index contributed by atoms with van der Waals surface area (Å²) in [5.74, 6) is -5.83. The van der Waals surface area contributed by atoms with E-state index in [1.807, 2.05) is 0 Å². The van der Waals surface area contributed by atoms with Crippen LogP contribution in [0.25, 0.3) is 22.3 Å². The Bertz CT molecular complexity index is 1390. The third kappa shape index (κ3) is 4.18. The fourth-order valence-corrected chi connectivity index (χ4v) is 3.30. The molecular formula is C23H18O10. The van der Waals surface area contributed by atoms with Crippen LogP contribution in [0.4, 0.5) is 0 Å². The van der Waals surface area contributed by atoms with Crippen molar-refractivity contribution in [2.45, 2.75) is 27.7 Å². The molecule has 0 aliphatic rings. The molecule has 0 unspecified atom stereocenters. The van der Waals surface area contributed by atoms with Crippen LogP contribution in [0.3, 0.4) is 0 Å². The molecule has 2 aromatic carbocycles. The first kappa shape index (κ1) is 23.2. The lowest BCUT2D eigenvalue weighted by Crippen LogP contribution is -2.18. The predicted molar refractivity (Wildman–Crippen MR) is 114 cm³/mol. The lowest BCUT2D eigenvalue weighted by atomic mass is 9.97. The van der Waals surface area contributed by atoms with Gasteiger partial charge in [-0.15, -0.1) is 0 Å². The van der Waals surface area contributed by atoms with Gasteiger partial charge in [-0.3, -0.25) is 24.0 Å². The van der Waals surface area contributed by atoms with Crippen molar-refractivity contribution < 1.29 is 43.3 Å². The van der Waals surface area contributed by atoms with Gasteiger partial charge >= 0.3 is 11.9 Å². The molecule has 0 radical (unpaired) electrons. The molecular weight excluding hydrogens is 436 g/mol. The van der Waals surface area contributed by atoms with E-state index in [9.17, 15) is 34.2 Å². The molecule has 1 heterocycles. The van der Waals surface area contributed by atoms with Gasteiger partial charge in [-0.25, -0.2) is 0 Å². The first-order chi connectivity index (χ1) is 15.4. The Morgan fingerprint density at radius 2 is 1.30 bits per heavy atom. The zero-order chi connectivity index (χ0) is 24.6. The van der Waals surface area contributed by atoms with Crippen molar-refractivity contribution in [3.8, 4) is 34.3 Å². The van der Waals surface area contributed by atoms with Gasteiger partial charge in [-0.2, -0.15) is 0 Å². The average Bonchev–Trinajstić information content (AvgIpc) is 2.69. The quantitative estimate of drug-likeness (QED) is 0.333. The molecule has 10 heteroatoms. The van der Waals surface area contributed by atoms with E-state index in [-0.39, 0.29) is 17.1 Å². The molecule has 0 saturated carbocycles. The zero-order valence-electron chi connectivity index (χ0n) is 18.0. The van der Waals surface area contributed by atoms with E-state index in [2.05, 4.69) is 0 Å². The van der Waals surface area contributed by atoms with Gasteiger partial charge in [0.05, 0.1) is 0 Å². The number of carbonyl (C=O) groups excluding carboxylic acids is 4. The number of phenols is 2. The number of ether oxygens (including phenoxy) is 2. The first-order valence-corrected chi connectivity index (χ1v) is 9.51. The first-order valence-electron chi connectivity index (χ1n) is 9.51. The molecule has 3 aromatic rings. The minimum absolute atomic E-state index is 0.0961. The van der Waals surface area contributed by atoms with E-state index < -0.39 is 68.3 Å². The zero-order valence-corrected chi connectivity index (χ0v) is 18.0. The van der Waals surface area contributed by atoms with Crippen molar-refractivity contribution in [1.29, 1.82) is 0 Å². The minimum Gasteiger partial charge on any atom is -0.508 e. The van der Waals surface area contributed by atoms with Gasteiger partial charge < -0.3 is 24.1 Å². The number of benzene rings is 2. The number of hydrogen-bond donors (Lipinski definition) is 2. The highest BCUT2D eigenvalue weighted by Gasteiger charge is 2.32. The Morgan fingerprint density at radius 1 is 0.788 bits per heavy atom. The summed E-state index contributed by atoms with van der Waals surface area (Å²) in [6.07, 6.45) is 0. The van der Waals surface area contributed by atoms with E-state index >= 15 is 0 Å². The van der Waals surface area contributed by atoms with E-state index in [4.69, 9.17) is 13.9 Å². The number of carbonyl (C=O) groups is 4. The third-order valence-electron chi connectivity index (χ3n) is 4.55. The molecule has 10 nitrogen and oxygen atoms in total. The highest BCUT2D eigenvalue weighted by Crippen LogP contribution is 2.43. The van der Waals surface area contributed by atoms with Crippen molar-refractivity contribution in [3.05, 3.63) is 45.6 Å². The van der Waals surface area contributed by atoms with Crippen molar-refractivity contribution in [2.24, 2.45) is 0 Å². The van der Waals surface area contributed by atoms with Gasteiger partial charge in [0.25, 0.3) is 0 Å². The van der Waals surface area contributed by atoms with Gasteiger partial charge in [-0.05, 0) is 38.1 Å². The van der Waals surface area contributed by atoms with E-state index in [0.717, 1.165) is 27.7 Å².